The second-order valence-corrected chi connectivity index (χ2v) is 4.92. The Morgan fingerprint density at radius 2 is 1.92 bits per heavy atom. The van der Waals surface area contributed by atoms with Crippen LogP contribution in [0.15, 0.2) is 0 Å². The van der Waals surface area contributed by atoms with Gasteiger partial charge in [0.05, 0.1) is 0 Å². The van der Waals surface area contributed by atoms with Crippen molar-refractivity contribution in [2.45, 2.75) is 58.2 Å². The van der Waals surface area contributed by atoms with Crippen molar-refractivity contribution in [3.63, 3.8) is 0 Å². The highest BCUT2D eigenvalue weighted by molar-refractivity contribution is 6.15. The smallest absolute Gasteiger partial charge is 0.109 e. The highest BCUT2D eigenvalue weighted by atomic mass is 16.2. The molecule has 1 nitrogen and oxygen atoms in total. The molecule has 2 heteroatoms. The van der Waals surface area contributed by atoms with Crippen LogP contribution in [0.3, 0.4) is 0 Å². The summed E-state index contributed by atoms with van der Waals surface area (Å²) in [5.41, 5.74) is 0. The predicted molar refractivity (Wildman–Crippen MR) is 61.9 cm³/mol. The molecule has 78 valence electrons. The second kappa shape index (κ2) is 6.47. The summed E-state index contributed by atoms with van der Waals surface area (Å²) in [6, 6.07) is 0. The van der Waals surface area contributed by atoms with E-state index in [0.717, 1.165) is 12.3 Å². The topological polar surface area (TPSA) is 20.2 Å². The molecular formula is C11H25BO. The zero-order chi connectivity index (χ0) is 10.3. The van der Waals surface area contributed by atoms with Crippen LogP contribution >= 0.6 is 0 Å². The SMILES string of the molecule is BC(CC)(CCCO)CCC(C)C. The van der Waals surface area contributed by atoms with Gasteiger partial charge in [-0.1, -0.05) is 51.8 Å². The van der Waals surface area contributed by atoms with Gasteiger partial charge in [-0.15, -0.1) is 0 Å². The van der Waals surface area contributed by atoms with Crippen LogP contribution in [-0.4, -0.2) is 19.6 Å². The van der Waals surface area contributed by atoms with Crippen LogP contribution in [0.4, 0.5) is 0 Å². The van der Waals surface area contributed by atoms with Gasteiger partial charge in [0.15, 0.2) is 0 Å². The molecule has 0 spiro atoms. The van der Waals surface area contributed by atoms with Gasteiger partial charge in [-0.25, -0.2) is 0 Å². The molecule has 0 saturated carbocycles. The molecule has 0 aromatic carbocycles. The Bertz CT molecular complexity index is 125. The lowest BCUT2D eigenvalue weighted by Crippen LogP contribution is -2.13. The summed E-state index contributed by atoms with van der Waals surface area (Å²) in [7, 11) is 2.35. The molecule has 1 unspecified atom stereocenters. The number of aliphatic hydroxyl groups excluding tert-OH is 1. The van der Waals surface area contributed by atoms with Crippen LogP contribution < -0.4 is 0 Å². The highest BCUT2D eigenvalue weighted by Crippen LogP contribution is 2.38. The fraction of sp³-hybridized carbons (Fsp3) is 1.00. The first kappa shape index (κ1) is 13.0. The van der Waals surface area contributed by atoms with E-state index in [1.807, 2.05) is 0 Å². The molecule has 0 heterocycles. The molecule has 0 saturated heterocycles. The molecule has 1 atom stereocenters. The minimum absolute atomic E-state index is 0.345. The zero-order valence-electron chi connectivity index (χ0n) is 9.77. The van der Waals surface area contributed by atoms with Gasteiger partial charge >= 0.3 is 0 Å². The van der Waals surface area contributed by atoms with E-state index >= 15 is 0 Å². The summed E-state index contributed by atoms with van der Waals surface area (Å²) in [5.74, 6) is 0.806. The minimum atomic E-state index is 0.345. The third kappa shape index (κ3) is 6.14. The van der Waals surface area contributed by atoms with E-state index in [0.29, 0.717) is 11.9 Å². The highest BCUT2D eigenvalue weighted by Gasteiger charge is 2.21. The number of rotatable bonds is 7. The molecule has 0 aliphatic heterocycles. The Labute approximate surface area is 84.3 Å². The average Bonchev–Trinajstić information content (AvgIpc) is 2.11. The Morgan fingerprint density at radius 3 is 2.31 bits per heavy atom. The quantitative estimate of drug-likeness (QED) is 0.602. The van der Waals surface area contributed by atoms with Crippen molar-refractivity contribution in [2.24, 2.45) is 5.92 Å². The van der Waals surface area contributed by atoms with Crippen molar-refractivity contribution in [2.75, 3.05) is 6.61 Å². The largest absolute Gasteiger partial charge is 0.396 e. The Kier molecular flexibility index (Phi) is 6.49. The summed E-state index contributed by atoms with van der Waals surface area (Å²) in [5, 5.41) is 9.27. The van der Waals surface area contributed by atoms with Crippen LogP contribution in [0, 0.1) is 5.92 Å². The summed E-state index contributed by atoms with van der Waals surface area (Å²) in [6.07, 6.45) is 5.99. The van der Waals surface area contributed by atoms with E-state index in [2.05, 4.69) is 28.6 Å². The lowest BCUT2D eigenvalue weighted by Gasteiger charge is -2.29. The molecule has 0 bridgehead atoms. The van der Waals surface area contributed by atoms with Gasteiger partial charge in [-0.2, -0.15) is 0 Å². The number of hydrogen-bond donors (Lipinski definition) is 1. The Morgan fingerprint density at radius 1 is 1.31 bits per heavy atom. The maximum atomic E-state index is 8.80. The van der Waals surface area contributed by atoms with Gasteiger partial charge < -0.3 is 5.11 Å². The zero-order valence-corrected chi connectivity index (χ0v) is 9.77. The average molecular weight is 184 g/mol. The van der Waals surface area contributed by atoms with Gasteiger partial charge in [-0.05, 0) is 12.3 Å². The Balaban J connectivity index is 3.81. The first-order chi connectivity index (χ1) is 6.04. The van der Waals surface area contributed by atoms with Crippen molar-refractivity contribution in [1.82, 2.24) is 0 Å². The maximum absolute atomic E-state index is 8.80. The minimum Gasteiger partial charge on any atom is -0.396 e. The van der Waals surface area contributed by atoms with E-state index in [1.54, 1.807) is 0 Å². The molecule has 0 amide bonds. The maximum Gasteiger partial charge on any atom is 0.109 e. The van der Waals surface area contributed by atoms with Crippen molar-refractivity contribution in [3.05, 3.63) is 0 Å². The van der Waals surface area contributed by atoms with Gasteiger partial charge in [-0.3, -0.25) is 0 Å². The van der Waals surface area contributed by atoms with Gasteiger partial charge in [0.2, 0.25) is 0 Å². The van der Waals surface area contributed by atoms with Crippen LogP contribution in [-0.2, 0) is 0 Å². The lowest BCUT2D eigenvalue weighted by atomic mass is 9.61. The molecule has 0 aromatic rings. The van der Waals surface area contributed by atoms with E-state index in [-0.39, 0.29) is 0 Å². The van der Waals surface area contributed by atoms with Gasteiger partial charge in [0, 0.05) is 6.61 Å². The molecule has 0 fully saturated rings. The molecule has 13 heavy (non-hydrogen) atoms. The summed E-state index contributed by atoms with van der Waals surface area (Å²) < 4.78 is 0. The normalized spacial score (nSPS) is 16.1. The number of aliphatic hydroxyl groups is 1. The monoisotopic (exact) mass is 184 g/mol. The first-order valence-corrected chi connectivity index (χ1v) is 5.65. The molecule has 0 aromatic heterocycles. The van der Waals surface area contributed by atoms with Crippen LogP contribution in [0.25, 0.3) is 0 Å². The molecule has 0 rings (SSSR count). The molecular weight excluding hydrogens is 159 g/mol. The fourth-order valence-electron chi connectivity index (χ4n) is 1.62. The molecule has 1 N–H and O–H groups in total. The van der Waals surface area contributed by atoms with Crippen molar-refractivity contribution in [3.8, 4) is 0 Å². The summed E-state index contributed by atoms with van der Waals surface area (Å²) in [6.45, 7) is 7.17. The Hall–Kier alpha value is 0.0249. The number of hydrogen-bond acceptors (Lipinski definition) is 1. The summed E-state index contributed by atoms with van der Waals surface area (Å²) in [4.78, 5) is 0. The van der Waals surface area contributed by atoms with Crippen LogP contribution in [0.5, 0.6) is 0 Å². The third-order valence-corrected chi connectivity index (χ3v) is 3.12. The van der Waals surface area contributed by atoms with Crippen molar-refractivity contribution < 1.29 is 5.11 Å². The molecule has 0 aliphatic rings. The van der Waals surface area contributed by atoms with Crippen molar-refractivity contribution >= 4 is 7.85 Å². The van der Waals surface area contributed by atoms with Gasteiger partial charge in [0.1, 0.15) is 7.85 Å². The van der Waals surface area contributed by atoms with Crippen molar-refractivity contribution in [1.29, 1.82) is 0 Å². The van der Waals surface area contributed by atoms with E-state index in [1.165, 1.54) is 25.7 Å². The van der Waals surface area contributed by atoms with Gasteiger partial charge in [0.25, 0.3) is 0 Å². The first-order valence-electron chi connectivity index (χ1n) is 5.65. The molecule has 0 radical (unpaired) electrons. The summed E-state index contributed by atoms with van der Waals surface area (Å²) >= 11 is 0. The molecule has 0 aliphatic carbocycles. The fourth-order valence-corrected chi connectivity index (χ4v) is 1.62. The predicted octanol–water partition coefficient (Wildman–Crippen LogP) is 2.40. The standard InChI is InChI=1S/C11H25BO/c1-4-11(12,7-5-9-13)8-6-10(2)3/h10,13H,4-9,12H2,1-3H3. The third-order valence-electron chi connectivity index (χ3n) is 3.12. The van der Waals surface area contributed by atoms with E-state index < -0.39 is 0 Å². The van der Waals surface area contributed by atoms with Crippen LogP contribution in [0.2, 0.25) is 5.31 Å². The van der Waals surface area contributed by atoms with E-state index in [4.69, 9.17) is 5.11 Å². The van der Waals surface area contributed by atoms with Crippen LogP contribution in [0.1, 0.15) is 52.9 Å². The van der Waals surface area contributed by atoms with E-state index in [9.17, 15) is 0 Å². The lowest BCUT2D eigenvalue weighted by molar-refractivity contribution is 0.268. The second-order valence-electron chi connectivity index (χ2n) is 4.92.